The molecule has 8 nitrogen and oxygen atoms in total. The lowest BCUT2D eigenvalue weighted by Crippen LogP contribution is -2.31. The molecule has 1 aromatic carbocycles. The van der Waals surface area contributed by atoms with Crippen molar-refractivity contribution in [2.45, 2.75) is 37.3 Å². The average Bonchev–Trinajstić information content (AvgIpc) is 2.68. The van der Waals surface area contributed by atoms with E-state index in [0.29, 0.717) is 12.3 Å². The van der Waals surface area contributed by atoms with E-state index in [1.807, 2.05) is 0 Å². The number of aliphatic hydroxyl groups excluding tert-OH is 1. The number of likely N-dealkylation sites (N-methyl/N-ethyl adjacent to an activating group) is 1. The molecule has 0 aliphatic heterocycles. The first-order valence-corrected chi connectivity index (χ1v) is 11.4. The van der Waals surface area contributed by atoms with Crippen LogP contribution in [0.1, 0.15) is 37.3 Å². The summed E-state index contributed by atoms with van der Waals surface area (Å²) in [5.41, 5.74) is -3.47. The first kappa shape index (κ1) is 25.4. The van der Waals surface area contributed by atoms with Gasteiger partial charge in [0.1, 0.15) is 21.8 Å². The van der Waals surface area contributed by atoms with Crippen molar-refractivity contribution in [3.05, 3.63) is 28.8 Å². The van der Waals surface area contributed by atoms with Gasteiger partial charge in [0.2, 0.25) is 0 Å². The quantitative estimate of drug-likeness (QED) is 0.380. The number of halogens is 3. The summed E-state index contributed by atoms with van der Waals surface area (Å²) in [4.78, 5) is 36.6. The van der Waals surface area contributed by atoms with Crippen LogP contribution in [0.3, 0.4) is 0 Å². The molecule has 0 heterocycles. The number of Topliss-reactive ketones (excluding diaryl/α,β-unsaturated/α-hetero) is 2. The molecule has 0 unspecified atom stereocenters. The number of hydrogen-bond acceptors (Lipinski definition) is 7. The fourth-order valence-electron chi connectivity index (χ4n) is 3.11. The number of benzene rings is 1. The zero-order chi connectivity index (χ0) is 24.4. The Hall–Kier alpha value is -2.89. The highest BCUT2D eigenvalue weighted by Gasteiger charge is 2.42. The maximum absolute atomic E-state index is 14.1. The third-order valence-corrected chi connectivity index (χ3v) is 6.02. The number of carbonyl (C=O) groups excluding carboxylic acids is 3. The van der Waals surface area contributed by atoms with Crippen LogP contribution < -0.4 is 4.74 Å². The molecule has 1 N–H and O–H groups in total. The molecular weight excluding hydrogens is 455 g/mol. The van der Waals surface area contributed by atoms with E-state index in [0.717, 1.165) is 11.0 Å². The molecule has 0 saturated heterocycles. The van der Waals surface area contributed by atoms with Gasteiger partial charge in [0, 0.05) is 38.3 Å². The number of amides is 1. The number of hydrogen-bond donors (Lipinski definition) is 1. The predicted molar refractivity (Wildman–Crippen MR) is 107 cm³/mol. The Morgan fingerprint density at radius 2 is 1.75 bits per heavy atom. The number of ketones is 2. The van der Waals surface area contributed by atoms with Crippen molar-refractivity contribution in [2.24, 2.45) is 0 Å². The van der Waals surface area contributed by atoms with Gasteiger partial charge in [0.05, 0.1) is 0 Å². The SMILES string of the molecule is CCN(C)C(=O)COc1c(S(C)(=O)=O)ccc(C(O)=C2C(=O)CCCC2=O)c1C(F)(F)F. The largest absolute Gasteiger partial charge is 0.506 e. The standard InChI is InChI=1S/C20H22F3NO7S/c1-4-24(2)15(27)10-31-19-14(32(3,29)30)9-8-11(17(19)20(21,22)23)18(28)16-12(25)6-5-7-13(16)26/h8-9,28H,4-7,10H2,1-3H3. The van der Waals surface area contributed by atoms with Gasteiger partial charge < -0.3 is 14.7 Å². The lowest BCUT2D eigenvalue weighted by atomic mass is 9.88. The van der Waals surface area contributed by atoms with E-state index in [2.05, 4.69) is 0 Å². The van der Waals surface area contributed by atoms with E-state index < -0.39 is 73.2 Å². The molecule has 0 radical (unpaired) electrons. The second-order valence-electron chi connectivity index (χ2n) is 7.21. The minimum Gasteiger partial charge on any atom is -0.506 e. The topological polar surface area (TPSA) is 118 Å². The van der Waals surface area contributed by atoms with Gasteiger partial charge in [-0.05, 0) is 25.5 Å². The van der Waals surface area contributed by atoms with Crippen LogP contribution >= 0.6 is 0 Å². The molecule has 1 fully saturated rings. The van der Waals surface area contributed by atoms with Crippen LogP contribution in [0.25, 0.3) is 5.76 Å². The van der Waals surface area contributed by atoms with Gasteiger partial charge in [-0.15, -0.1) is 0 Å². The Morgan fingerprint density at radius 1 is 1.19 bits per heavy atom. The third-order valence-electron chi connectivity index (χ3n) is 4.90. The van der Waals surface area contributed by atoms with E-state index in [1.165, 1.54) is 7.05 Å². The molecule has 1 aromatic rings. The summed E-state index contributed by atoms with van der Waals surface area (Å²) in [6, 6.07) is 1.42. The van der Waals surface area contributed by atoms with Gasteiger partial charge in [-0.2, -0.15) is 13.2 Å². The highest BCUT2D eigenvalue weighted by atomic mass is 32.2. The van der Waals surface area contributed by atoms with E-state index in [1.54, 1.807) is 6.92 Å². The highest BCUT2D eigenvalue weighted by molar-refractivity contribution is 7.90. The highest BCUT2D eigenvalue weighted by Crippen LogP contribution is 2.45. The molecule has 176 valence electrons. The molecule has 0 spiro atoms. The van der Waals surface area contributed by atoms with Crippen LogP contribution in [0.15, 0.2) is 22.6 Å². The van der Waals surface area contributed by atoms with Crippen molar-refractivity contribution in [3.8, 4) is 5.75 Å². The van der Waals surface area contributed by atoms with Crippen molar-refractivity contribution in [3.63, 3.8) is 0 Å². The van der Waals surface area contributed by atoms with Crippen LogP contribution in [-0.4, -0.2) is 62.4 Å². The fraction of sp³-hybridized carbons (Fsp3) is 0.450. The Labute approximate surface area is 182 Å². The van der Waals surface area contributed by atoms with Crippen molar-refractivity contribution < 1.29 is 45.8 Å². The monoisotopic (exact) mass is 477 g/mol. The van der Waals surface area contributed by atoms with Gasteiger partial charge >= 0.3 is 6.18 Å². The molecule has 12 heteroatoms. The summed E-state index contributed by atoms with van der Waals surface area (Å²) in [5.74, 6) is -4.76. The second-order valence-corrected chi connectivity index (χ2v) is 9.19. The van der Waals surface area contributed by atoms with E-state index >= 15 is 0 Å². The van der Waals surface area contributed by atoms with Gasteiger partial charge in [-0.1, -0.05) is 0 Å². The minimum absolute atomic E-state index is 0.130. The number of nitrogens with zero attached hydrogens (tertiary/aromatic N) is 1. The predicted octanol–water partition coefficient (Wildman–Crippen LogP) is 2.56. The molecule has 1 amide bonds. The van der Waals surface area contributed by atoms with Crippen molar-refractivity contribution >= 4 is 33.1 Å². The third kappa shape index (κ3) is 5.29. The molecule has 2 rings (SSSR count). The summed E-state index contributed by atoms with van der Waals surface area (Å²) < 4.78 is 71.5. The molecule has 0 bridgehead atoms. The van der Waals surface area contributed by atoms with E-state index in [4.69, 9.17) is 4.74 Å². The van der Waals surface area contributed by atoms with E-state index in [9.17, 15) is 41.1 Å². The minimum atomic E-state index is -5.26. The first-order valence-electron chi connectivity index (χ1n) is 9.51. The number of alkyl halides is 3. The number of aliphatic hydroxyl groups is 1. The van der Waals surface area contributed by atoms with Crippen molar-refractivity contribution in [1.29, 1.82) is 0 Å². The summed E-state index contributed by atoms with van der Waals surface area (Å²) in [6.45, 7) is 0.934. The number of ether oxygens (including phenoxy) is 1. The Balaban J connectivity index is 2.81. The van der Waals surface area contributed by atoms with Crippen LogP contribution in [0.2, 0.25) is 0 Å². The molecule has 1 saturated carbocycles. The molecule has 0 aromatic heterocycles. The zero-order valence-corrected chi connectivity index (χ0v) is 18.4. The lowest BCUT2D eigenvalue weighted by Gasteiger charge is -2.22. The zero-order valence-electron chi connectivity index (χ0n) is 17.6. The maximum atomic E-state index is 14.1. The van der Waals surface area contributed by atoms with Gasteiger partial charge in [0.25, 0.3) is 5.91 Å². The Morgan fingerprint density at radius 3 is 2.22 bits per heavy atom. The number of rotatable bonds is 6. The van der Waals surface area contributed by atoms with Crippen LogP contribution in [-0.2, 0) is 30.4 Å². The van der Waals surface area contributed by atoms with Crippen LogP contribution in [0, 0.1) is 0 Å². The Kier molecular flexibility index (Phi) is 7.38. The summed E-state index contributed by atoms with van der Waals surface area (Å²) in [6.07, 6.45) is -4.67. The average molecular weight is 477 g/mol. The summed E-state index contributed by atoms with van der Waals surface area (Å²) in [5, 5.41) is 10.5. The van der Waals surface area contributed by atoms with Gasteiger partial charge in [0.15, 0.2) is 33.8 Å². The number of carbonyl (C=O) groups is 3. The smallest absolute Gasteiger partial charge is 0.420 e. The summed E-state index contributed by atoms with van der Waals surface area (Å²) >= 11 is 0. The lowest BCUT2D eigenvalue weighted by molar-refractivity contribution is -0.141. The van der Waals surface area contributed by atoms with Gasteiger partial charge in [-0.25, -0.2) is 8.42 Å². The van der Waals surface area contributed by atoms with Crippen molar-refractivity contribution in [1.82, 2.24) is 4.90 Å². The number of allylic oxidation sites excluding steroid dienone is 1. The fourth-order valence-corrected chi connectivity index (χ4v) is 3.92. The molecular formula is C20H22F3NO7S. The summed E-state index contributed by atoms with van der Waals surface area (Å²) in [7, 11) is -2.88. The normalized spacial score (nSPS) is 15.0. The van der Waals surface area contributed by atoms with Gasteiger partial charge in [-0.3, -0.25) is 14.4 Å². The van der Waals surface area contributed by atoms with Crippen LogP contribution in [0.4, 0.5) is 13.2 Å². The first-order chi connectivity index (χ1) is 14.7. The van der Waals surface area contributed by atoms with Crippen molar-refractivity contribution in [2.75, 3.05) is 26.5 Å². The molecule has 32 heavy (non-hydrogen) atoms. The maximum Gasteiger partial charge on any atom is 0.420 e. The van der Waals surface area contributed by atoms with E-state index in [-0.39, 0.29) is 25.8 Å². The second kappa shape index (κ2) is 9.31. The van der Waals surface area contributed by atoms with Crippen LogP contribution in [0.5, 0.6) is 5.75 Å². The molecule has 1 aliphatic carbocycles. The Bertz CT molecular complexity index is 1070. The molecule has 0 atom stereocenters. The number of sulfone groups is 1. The molecule has 1 aliphatic rings.